The maximum atomic E-state index is 3.65. The molecule has 0 rings (SSSR count). The molecule has 48 valence electrons. The van der Waals surface area contributed by atoms with Crippen molar-refractivity contribution >= 4 is 47.5 Å². The second-order valence-electron chi connectivity index (χ2n) is 3.16. The van der Waals surface area contributed by atoms with Crippen molar-refractivity contribution in [3.8, 4) is 0 Å². The summed E-state index contributed by atoms with van der Waals surface area (Å²) in [5.74, 6) is 0. The van der Waals surface area contributed by atoms with Crippen molar-refractivity contribution in [2.24, 2.45) is 0 Å². The van der Waals surface area contributed by atoms with E-state index in [1.165, 1.54) is 4.60 Å². The molecule has 0 nitrogen and oxygen atoms in total. The van der Waals surface area contributed by atoms with Crippen LogP contribution in [0, 0.1) is 0 Å². The average Bonchev–Trinajstić information content (AvgIpc) is 1.21. The third-order valence-corrected chi connectivity index (χ3v) is 22.0. The maximum absolute atomic E-state index is 3.65. The van der Waals surface area contributed by atoms with Crippen molar-refractivity contribution in [1.82, 2.24) is 0 Å². The molecular weight excluding hydrogens is 306 g/mol. The van der Waals surface area contributed by atoms with Gasteiger partial charge in [0.05, 0.1) is 0 Å². The van der Waals surface area contributed by atoms with E-state index in [9.17, 15) is 0 Å². The molecule has 0 aromatic heterocycles. The van der Waals surface area contributed by atoms with Crippen LogP contribution in [-0.4, -0.2) is 20.3 Å². The Morgan fingerprint density at radius 3 is 1.62 bits per heavy atom. The van der Waals surface area contributed by atoms with Crippen LogP contribution in [0.5, 0.6) is 0 Å². The fourth-order valence-electron chi connectivity index (χ4n) is 0.463. The Hall–Kier alpha value is 1.81. The van der Waals surface area contributed by atoms with E-state index >= 15 is 0 Å². The van der Waals surface area contributed by atoms with Crippen molar-refractivity contribution < 1.29 is 0 Å². The Morgan fingerprint density at radius 1 is 1.25 bits per heavy atom. The van der Waals surface area contributed by atoms with Crippen LogP contribution in [0.3, 0.4) is 0 Å². The average molecular weight is 317 g/mol. The molecule has 0 spiro atoms. The molecule has 0 aromatic rings. The van der Waals surface area contributed by atoms with Gasteiger partial charge >= 0.3 is 71.7 Å². The molecule has 0 unspecified atom stereocenters. The van der Waals surface area contributed by atoms with E-state index in [-0.39, 0.29) is 0 Å². The number of rotatable bonds is 2. The van der Waals surface area contributed by atoms with E-state index < -0.39 is 20.3 Å². The molecule has 0 aliphatic carbocycles. The summed E-state index contributed by atoms with van der Waals surface area (Å²) in [5, 5.41) is 0. The van der Waals surface area contributed by atoms with Crippen LogP contribution < -0.4 is 0 Å². The zero-order chi connectivity index (χ0) is 6.78. The summed E-state index contributed by atoms with van der Waals surface area (Å²) in [7, 11) is -0.731. The van der Waals surface area contributed by atoms with Crippen molar-refractivity contribution in [2.45, 2.75) is 24.2 Å². The van der Waals surface area contributed by atoms with Crippen molar-refractivity contribution in [2.75, 3.05) is 0 Å². The van der Waals surface area contributed by atoms with E-state index in [0.717, 1.165) is 0 Å². The van der Waals surface area contributed by atoms with Gasteiger partial charge in [-0.25, -0.2) is 0 Å². The molecule has 0 saturated heterocycles. The van der Waals surface area contributed by atoms with Gasteiger partial charge in [-0.15, -0.1) is 0 Å². The van der Waals surface area contributed by atoms with Crippen molar-refractivity contribution in [3.05, 3.63) is 0 Å². The first-order valence-corrected chi connectivity index (χ1v) is 19.5. The van der Waals surface area contributed by atoms with Gasteiger partial charge in [-0.1, -0.05) is 0 Å². The summed E-state index contributed by atoms with van der Waals surface area (Å²) in [4.78, 5) is 0. The molecule has 0 aliphatic heterocycles. The van der Waals surface area contributed by atoms with Crippen LogP contribution in [-0.2, 0) is 0 Å². The molecule has 0 atom stereocenters. The van der Waals surface area contributed by atoms with Gasteiger partial charge in [-0.3, -0.25) is 0 Å². The van der Waals surface area contributed by atoms with E-state index in [2.05, 4.69) is 46.8 Å². The summed E-state index contributed by atoms with van der Waals surface area (Å²) >= 11 is 6.29. The van der Waals surface area contributed by atoms with Crippen LogP contribution in [0.1, 0.15) is 0 Å². The molecule has 0 aromatic carbocycles. The first-order chi connectivity index (χ1) is 3.42. The van der Waals surface area contributed by atoms with Gasteiger partial charge in [0.1, 0.15) is 0 Å². The Kier molecular flexibility index (Phi) is 4.73. The molecule has 8 heavy (non-hydrogen) atoms. The minimum absolute atomic E-state index is 0.731. The molecule has 0 amide bonds. The van der Waals surface area contributed by atoms with Gasteiger partial charge in [0.25, 0.3) is 0 Å². The van der Waals surface area contributed by atoms with Gasteiger partial charge in [0.15, 0.2) is 0 Å². The normalized spacial score (nSPS) is 11.6. The Labute approximate surface area is 71.1 Å². The van der Waals surface area contributed by atoms with Gasteiger partial charge in [-0.2, -0.15) is 0 Å². The molecule has 0 fully saturated rings. The van der Waals surface area contributed by atoms with Crippen LogP contribution in [0.15, 0.2) is 0 Å². The monoisotopic (exact) mass is 314 g/mol. The van der Waals surface area contributed by atoms with Crippen molar-refractivity contribution in [3.63, 3.8) is 0 Å². The van der Waals surface area contributed by atoms with E-state index in [1.807, 2.05) is 0 Å². The Morgan fingerprint density at radius 2 is 1.62 bits per heavy atom. The SMILES string of the molecule is C[Si](C)(C)[CH2][Ga]([Br])[Br]. The Balaban J connectivity index is 3.39. The number of hydrogen-bond donors (Lipinski definition) is 0. The standard InChI is InChI=1S/C4H11Si.2BrH.Ga/c1-5(2,3)4;;;/h1H2,2-4H3;2*1H;/q;;;+2/p-2. The van der Waals surface area contributed by atoms with E-state index in [0.29, 0.717) is 0 Å². The third kappa shape index (κ3) is 7.81. The fraction of sp³-hybridized carbons (Fsp3) is 1.00. The molecular formula is C4H11Br2GaSi. The first-order valence-electron chi connectivity index (χ1n) is 2.70. The second-order valence-corrected chi connectivity index (χ2v) is 30.8. The molecule has 0 bridgehead atoms. The molecule has 0 saturated carbocycles. The Bertz CT molecular complexity index is 68.9. The molecule has 0 radical (unpaired) electrons. The van der Waals surface area contributed by atoms with Crippen LogP contribution >= 0.6 is 27.1 Å². The molecule has 0 heterocycles. The fourth-order valence-corrected chi connectivity index (χ4v) is 37.5. The number of hydrogen-bond acceptors (Lipinski definition) is 0. The summed E-state index contributed by atoms with van der Waals surface area (Å²) in [6.45, 7) is 7.23. The zero-order valence-corrected chi connectivity index (χ0v) is 12.1. The van der Waals surface area contributed by atoms with Crippen molar-refractivity contribution in [1.29, 1.82) is 0 Å². The van der Waals surface area contributed by atoms with Gasteiger partial charge < -0.3 is 0 Å². The van der Waals surface area contributed by atoms with Gasteiger partial charge in [0, 0.05) is 0 Å². The topological polar surface area (TPSA) is 0 Å². The quantitative estimate of drug-likeness (QED) is 0.687. The predicted molar refractivity (Wildman–Crippen MR) is 51.8 cm³/mol. The molecule has 4 heteroatoms. The molecule has 0 N–H and O–H groups in total. The summed E-state index contributed by atoms with van der Waals surface area (Å²) in [5.41, 5.74) is 0. The van der Waals surface area contributed by atoms with Gasteiger partial charge in [0.2, 0.25) is 0 Å². The van der Waals surface area contributed by atoms with Crippen LogP contribution in [0.2, 0.25) is 24.2 Å². The summed E-state index contributed by atoms with van der Waals surface area (Å²) in [6, 6.07) is 0. The van der Waals surface area contributed by atoms with E-state index in [4.69, 9.17) is 0 Å². The summed E-state index contributed by atoms with van der Waals surface area (Å²) < 4.78 is 1.49. The first kappa shape index (κ1) is 9.81. The molecule has 0 aliphatic rings. The zero-order valence-electron chi connectivity index (χ0n) is 5.54. The van der Waals surface area contributed by atoms with Crippen LogP contribution in [0.25, 0.3) is 0 Å². The van der Waals surface area contributed by atoms with Crippen LogP contribution in [0.4, 0.5) is 0 Å². The second kappa shape index (κ2) is 3.86. The van der Waals surface area contributed by atoms with Gasteiger partial charge in [-0.05, 0) is 0 Å². The van der Waals surface area contributed by atoms with E-state index in [1.54, 1.807) is 0 Å². The summed E-state index contributed by atoms with van der Waals surface area (Å²) in [6.07, 6.45) is 0. The third-order valence-electron chi connectivity index (χ3n) is 0.767. The minimum atomic E-state index is -1.01. The number of halogens is 2. The predicted octanol–water partition coefficient (Wildman–Crippen LogP) is 3.14.